The third-order valence-corrected chi connectivity index (χ3v) is 3.26. The van der Waals surface area contributed by atoms with Gasteiger partial charge in [0.25, 0.3) is 0 Å². The molecule has 1 heterocycles. The van der Waals surface area contributed by atoms with Gasteiger partial charge in [-0.05, 0) is 32.6 Å². The average molecular weight is 382 g/mol. The van der Waals surface area contributed by atoms with E-state index in [1.54, 1.807) is 6.92 Å². The molecule has 0 radical (unpaired) electrons. The van der Waals surface area contributed by atoms with E-state index in [9.17, 15) is 4.79 Å². The third-order valence-electron chi connectivity index (χ3n) is 3.26. The molecule has 112 valence electrons. The van der Waals surface area contributed by atoms with E-state index in [2.05, 4.69) is 29.5 Å². The molecule has 0 aromatic heterocycles. The molecule has 1 amide bonds. The Hall–Kier alpha value is -0.530. The highest BCUT2D eigenvalue weighted by Crippen LogP contribution is 2.17. The van der Waals surface area contributed by atoms with Crippen LogP contribution in [0.2, 0.25) is 0 Å². The van der Waals surface area contributed by atoms with Gasteiger partial charge in [-0.3, -0.25) is 9.79 Å². The summed E-state index contributed by atoms with van der Waals surface area (Å²) in [4.78, 5) is 17.7. The molecule has 0 unspecified atom stereocenters. The minimum absolute atomic E-state index is 0. The predicted octanol–water partition coefficient (Wildman–Crippen LogP) is 1.44. The quantitative estimate of drug-likeness (QED) is 0.440. The maximum atomic E-state index is 11.2. The topological polar surface area (TPSA) is 56.7 Å². The summed E-state index contributed by atoms with van der Waals surface area (Å²) >= 11 is 0. The van der Waals surface area contributed by atoms with Gasteiger partial charge in [0.2, 0.25) is 5.91 Å². The summed E-state index contributed by atoms with van der Waals surface area (Å²) in [6, 6.07) is 0. The number of carbonyl (C=O) groups is 1. The zero-order chi connectivity index (χ0) is 13.4. The van der Waals surface area contributed by atoms with Crippen molar-refractivity contribution in [1.82, 2.24) is 15.5 Å². The number of amides is 1. The van der Waals surface area contributed by atoms with Gasteiger partial charge in [-0.1, -0.05) is 0 Å². The van der Waals surface area contributed by atoms with Gasteiger partial charge in [-0.25, -0.2) is 0 Å². The molecule has 0 aromatic rings. The van der Waals surface area contributed by atoms with Gasteiger partial charge >= 0.3 is 0 Å². The van der Waals surface area contributed by atoms with Crippen molar-refractivity contribution in [2.45, 2.75) is 33.6 Å². The highest BCUT2D eigenvalue weighted by atomic mass is 127. The van der Waals surface area contributed by atoms with Crippen molar-refractivity contribution in [2.24, 2.45) is 10.9 Å². The molecule has 0 aromatic carbocycles. The molecule has 0 spiro atoms. The van der Waals surface area contributed by atoms with Crippen molar-refractivity contribution < 1.29 is 4.79 Å². The molecule has 0 saturated carbocycles. The van der Waals surface area contributed by atoms with Crippen LogP contribution < -0.4 is 10.6 Å². The van der Waals surface area contributed by atoms with Gasteiger partial charge in [-0.15, -0.1) is 24.0 Å². The number of nitrogens with one attached hydrogen (secondary N) is 2. The lowest BCUT2D eigenvalue weighted by atomic mass is 9.97. The number of aliphatic imine (C=N–C) groups is 1. The van der Waals surface area contributed by atoms with Gasteiger partial charge in [0.15, 0.2) is 5.96 Å². The summed E-state index contributed by atoms with van der Waals surface area (Å²) in [5.74, 6) is 1.69. The van der Waals surface area contributed by atoms with Crippen molar-refractivity contribution in [3.63, 3.8) is 0 Å². The summed E-state index contributed by atoms with van der Waals surface area (Å²) in [5, 5.41) is 6.45. The predicted molar refractivity (Wildman–Crippen MR) is 90.0 cm³/mol. The number of guanidine groups is 1. The SMILES string of the molecule is CCNC(=NCC1CCN(C(C)=O)CC1)NCC.I. The molecule has 1 rings (SSSR count). The van der Waals surface area contributed by atoms with E-state index in [0.717, 1.165) is 51.5 Å². The van der Waals surface area contributed by atoms with Crippen LogP contribution in [0.1, 0.15) is 33.6 Å². The Morgan fingerprint density at radius 2 is 1.74 bits per heavy atom. The molecule has 0 bridgehead atoms. The fourth-order valence-corrected chi connectivity index (χ4v) is 2.16. The molecule has 19 heavy (non-hydrogen) atoms. The van der Waals surface area contributed by atoms with Crippen molar-refractivity contribution in [2.75, 3.05) is 32.7 Å². The molecular formula is C13H27IN4O. The lowest BCUT2D eigenvalue weighted by Gasteiger charge is -2.30. The second kappa shape index (κ2) is 10.3. The van der Waals surface area contributed by atoms with Crippen molar-refractivity contribution in [3.05, 3.63) is 0 Å². The first-order valence-corrected chi connectivity index (χ1v) is 6.95. The standard InChI is InChI=1S/C13H26N4O.HI/c1-4-14-13(15-5-2)16-10-12-6-8-17(9-7-12)11(3)18;/h12H,4-10H2,1-3H3,(H2,14,15,16);1H. The molecule has 6 heteroatoms. The number of rotatable bonds is 4. The molecule has 1 fully saturated rings. The minimum Gasteiger partial charge on any atom is -0.357 e. The smallest absolute Gasteiger partial charge is 0.219 e. The Balaban J connectivity index is 0.00000324. The highest BCUT2D eigenvalue weighted by Gasteiger charge is 2.20. The van der Waals surface area contributed by atoms with Gasteiger partial charge in [0.05, 0.1) is 0 Å². The van der Waals surface area contributed by atoms with E-state index >= 15 is 0 Å². The Kier molecular flexibility index (Phi) is 9.99. The lowest BCUT2D eigenvalue weighted by Crippen LogP contribution is -2.39. The van der Waals surface area contributed by atoms with E-state index in [1.807, 2.05) is 4.90 Å². The molecular weight excluding hydrogens is 355 g/mol. The summed E-state index contributed by atoms with van der Waals surface area (Å²) in [6.45, 7) is 10.2. The van der Waals surface area contributed by atoms with Crippen LogP contribution in [-0.4, -0.2) is 49.5 Å². The minimum atomic E-state index is 0. The van der Waals surface area contributed by atoms with Crippen molar-refractivity contribution in [1.29, 1.82) is 0 Å². The van der Waals surface area contributed by atoms with Gasteiger partial charge in [-0.2, -0.15) is 0 Å². The number of piperidine rings is 1. The number of hydrogen-bond acceptors (Lipinski definition) is 2. The number of hydrogen-bond donors (Lipinski definition) is 2. The summed E-state index contributed by atoms with van der Waals surface area (Å²) in [5.41, 5.74) is 0. The van der Waals surface area contributed by atoms with Crippen LogP contribution in [0.4, 0.5) is 0 Å². The van der Waals surface area contributed by atoms with Crippen molar-refractivity contribution in [3.8, 4) is 0 Å². The van der Waals surface area contributed by atoms with E-state index in [1.165, 1.54) is 0 Å². The highest BCUT2D eigenvalue weighted by molar-refractivity contribution is 14.0. The van der Waals surface area contributed by atoms with Gasteiger partial charge in [0, 0.05) is 39.6 Å². The molecule has 5 nitrogen and oxygen atoms in total. The first-order valence-electron chi connectivity index (χ1n) is 6.95. The van der Waals surface area contributed by atoms with Crippen LogP contribution in [0.25, 0.3) is 0 Å². The van der Waals surface area contributed by atoms with E-state index in [-0.39, 0.29) is 29.9 Å². The molecule has 1 aliphatic heterocycles. The van der Waals surface area contributed by atoms with E-state index in [0.29, 0.717) is 5.92 Å². The average Bonchev–Trinajstić information content (AvgIpc) is 2.37. The molecule has 1 saturated heterocycles. The summed E-state index contributed by atoms with van der Waals surface area (Å²) in [7, 11) is 0. The van der Waals surface area contributed by atoms with Gasteiger partial charge in [0.1, 0.15) is 0 Å². The van der Waals surface area contributed by atoms with Crippen molar-refractivity contribution >= 4 is 35.8 Å². The Labute approximate surface area is 133 Å². The van der Waals surface area contributed by atoms with E-state index in [4.69, 9.17) is 0 Å². The maximum Gasteiger partial charge on any atom is 0.219 e. The molecule has 0 aliphatic carbocycles. The van der Waals surface area contributed by atoms with Crippen LogP contribution >= 0.6 is 24.0 Å². The molecule has 0 atom stereocenters. The maximum absolute atomic E-state index is 11.2. The number of halogens is 1. The molecule has 2 N–H and O–H groups in total. The Bertz CT molecular complexity index is 280. The lowest BCUT2D eigenvalue weighted by molar-refractivity contribution is -0.130. The summed E-state index contributed by atoms with van der Waals surface area (Å²) in [6.07, 6.45) is 2.13. The van der Waals surface area contributed by atoms with Crippen LogP contribution in [0.3, 0.4) is 0 Å². The second-order valence-corrected chi connectivity index (χ2v) is 4.70. The van der Waals surface area contributed by atoms with E-state index < -0.39 is 0 Å². The fourth-order valence-electron chi connectivity index (χ4n) is 2.16. The zero-order valence-electron chi connectivity index (χ0n) is 12.2. The normalized spacial score (nSPS) is 15.4. The van der Waals surface area contributed by atoms with Crippen LogP contribution in [0, 0.1) is 5.92 Å². The number of likely N-dealkylation sites (tertiary alicyclic amines) is 1. The summed E-state index contributed by atoms with van der Waals surface area (Å²) < 4.78 is 0. The van der Waals surface area contributed by atoms with Crippen LogP contribution in [0.5, 0.6) is 0 Å². The second-order valence-electron chi connectivity index (χ2n) is 4.70. The third kappa shape index (κ3) is 6.98. The monoisotopic (exact) mass is 382 g/mol. The number of nitrogens with zero attached hydrogens (tertiary/aromatic N) is 2. The van der Waals surface area contributed by atoms with Gasteiger partial charge < -0.3 is 15.5 Å². The molecule has 1 aliphatic rings. The number of carbonyl (C=O) groups excluding carboxylic acids is 1. The first-order chi connectivity index (χ1) is 8.67. The Morgan fingerprint density at radius 1 is 1.21 bits per heavy atom. The Morgan fingerprint density at radius 3 is 2.16 bits per heavy atom. The first kappa shape index (κ1) is 18.5. The largest absolute Gasteiger partial charge is 0.357 e. The fraction of sp³-hybridized carbons (Fsp3) is 0.846. The zero-order valence-corrected chi connectivity index (χ0v) is 14.6. The van der Waals surface area contributed by atoms with Crippen LogP contribution in [0.15, 0.2) is 4.99 Å². The van der Waals surface area contributed by atoms with Crippen LogP contribution in [-0.2, 0) is 4.79 Å².